The number of aliphatic carboxylic acids is 1. The summed E-state index contributed by atoms with van der Waals surface area (Å²) in [5.41, 5.74) is 0.974. The summed E-state index contributed by atoms with van der Waals surface area (Å²) in [5.74, 6) is 0.0754. The van der Waals surface area contributed by atoms with Crippen LogP contribution in [0.3, 0.4) is 0 Å². The van der Waals surface area contributed by atoms with E-state index in [1.807, 2.05) is 12.1 Å². The van der Waals surface area contributed by atoms with Crippen molar-refractivity contribution < 1.29 is 19.4 Å². The molecule has 1 saturated heterocycles. The number of carboxylic acids is 1. The Bertz CT molecular complexity index is 644. The minimum Gasteiger partial charge on any atom is -0.495 e. The zero-order chi connectivity index (χ0) is 17.3. The first kappa shape index (κ1) is 17.1. The van der Waals surface area contributed by atoms with Crippen LogP contribution in [0, 0.1) is 17.8 Å². The molecule has 1 aliphatic carbocycles. The van der Waals surface area contributed by atoms with Crippen molar-refractivity contribution in [3.05, 3.63) is 28.8 Å². The number of ether oxygens (including phenoxy) is 1. The highest BCUT2D eigenvalue weighted by Crippen LogP contribution is 2.44. The van der Waals surface area contributed by atoms with Gasteiger partial charge in [0.05, 0.1) is 18.1 Å². The van der Waals surface area contributed by atoms with Gasteiger partial charge in [-0.25, -0.2) is 0 Å². The number of rotatable bonds is 6. The van der Waals surface area contributed by atoms with E-state index in [2.05, 4.69) is 0 Å². The van der Waals surface area contributed by atoms with Crippen molar-refractivity contribution in [2.45, 2.75) is 25.7 Å². The molecule has 0 aromatic heterocycles. The molecule has 1 heterocycles. The van der Waals surface area contributed by atoms with Gasteiger partial charge in [0.25, 0.3) is 0 Å². The number of carbonyl (C=O) groups excluding carboxylic acids is 1. The molecular weight excluding hydrogens is 330 g/mol. The molecule has 2 aliphatic rings. The van der Waals surface area contributed by atoms with Crippen molar-refractivity contribution in [3.8, 4) is 5.75 Å². The zero-order valence-corrected chi connectivity index (χ0v) is 14.5. The molecule has 1 aromatic rings. The van der Waals surface area contributed by atoms with Crippen LogP contribution in [0.2, 0.25) is 5.02 Å². The van der Waals surface area contributed by atoms with E-state index in [1.54, 1.807) is 18.1 Å². The minimum atomic E-state index is -0.774. The average molecular weight is 352 g/mol. The lowest BCUT2D eigenvalue weighted by Gasteiger charge is -2.16. The summed E-state index contributed by atoms with van der Waals surface area (Å²) in [6.07, 6.45) is 3.15. The molecule has 6 heteroatoms. The predicted molar refractivity (Wildman–Crippen MR) is 90.2 cm³/mol. The summed E-state index contributed by atoms with van der Waals surface area (Å²) in [5, 5.41) is 9.91. The Hall–Kier alpha value is -1.75. The number of methoxy groups -OCH3 is 1. The maximum Gasteiger partial charge on any atom is 0.308 e. The maximum absolute atomic E-state index is 12.5. The van der Waals surface area contributed by atoms with Crippen LogP contribution in [-0.2, 0) is 16.0 Å². The highest BCUT2D eigenvalue weighted by atomic mass is 35.5. The van der Waals surface area contributed by atoms with Crippen molar-refractivity contribution in [2.75, 3.05) is 20.2 Å². The number of likely N-dealkylation sites (tertiary alicyclic amines) is 1. The molecule has 3 rings (SSSR count). The number of aryl methyl sites for hydroxylation is 1. The molecule has 0 bridgehead atoms. The Kier molecular flexibility index (Phi) is 4.99. The number of hydrogen-bond acceptors (Lipinski definition) is 3. The van der Waals surface area contributed by atoms with E-state index in [-0.39, 0.29) is 11.8 Å². The topological polar surface area (TPSA) is 66.8 Å². The van der Waals surface area contributed by atoms with E-state index in [0.29, 0.717) is 42.6 Å². The van der Waals surface area contributed by atoms with E-state index in [9.17, 15) is 14.7 Å². The summed E-state index contributed by atoms with van der Waals surface area (Å²) >= 11 is 6.10. The van der Waals surface area contributed by atoms with Crippen molar-refractivity contribution in [2.24, 2.45) is 17.8 Å². The molecule has 0 unspecified atom stereocenters. The predicted octanol–water partition coefficient (Wildman–Crippen LogP) is 2.85. The zero-order valence-electron chi connectivity index (χ0n) is 13.7. The molecule has 1 N–H and O–H groups in total. The summed E-state index contributed by atoms with van der Waals surface area (Å²) < 4.78 is 5.12. The fraction of sp³-hybridized carbons (Fsp3) is 0.556. The van der Waals surface area contributed by atoms with Gasteiger partial charge in [-0.15, -0.1) is 0 Å². The number of hydrogen-bond donors (Lipinski definition) is 1. The fourth-order valence-corrected chi connectivity index (χ4v) is 3.85. The second-order valence-electron chi connectivity index (χ2n) is 6.71. The summed E-state index contributed by atoms with van der Waals surface area (Å²) in [7, 11) is 1.56. The number of amides is 1. The molecule has 1 aliphatic heterocycles. The third-order valence-corrected chi connectivity index (χ3v) is 5.40. The molecule has 2 atom stereocenters. The van der Waals surface area contributed by atoms with E-state index in [4.69, 9.17) is 16.3 Å². The molecule has 1 aromatic carbocycles. The molecule has 0 spiro atoms. The normalized spacial score (nSPS) is 23.3. The summed E-state index contributed by atoms with van der Waals surface area (Å²) in [6, 6.07) is 5.50. The second kappa shape index (κ2) is 7.01. The van der Waals surface area contributed by atoms with Crippen LogP contribution in [0.15, 0.2) is 18.2 Å². The van der Waals surface area contributed by atoms with Crippen molar-refractivity contribution in [1.82, 2.24) is 4.90 Å². The molecule has 1 saturated carbocycles. The van der Waals surface area contributed by atoms with Gasteiger partial charge in [-0.05, 0) is 48.8 Å². The van der Waals surface area contributed by atoms with Gasteiger partial charge >= 0.3 is 5.97 Å². The number of benzene rings is 1. The van der Waals surface area contributed by atoms with E-state index in [0.717, 1.165) is 18.4 Å². The number of carbonyl (C=O) groups is 2. The van der Waals surface area contributed by atoms with Gasteiger partial charge in [0.1, 0.15) is 5.75 Å². The molecule has 2 fully saturated rings. The average Bonchev–Trinajstić information content (AvgIpc) is 3.30. The van der Waals surface area contributed by atoms with Gasteiger partial charge in [-0.2, -0.15) is 0 Å². The standard InChI is InChI=1S/C18H22ClNO4/c1-24-16-6-2-11(8-15(16)19)3-7-17(21)20-9-13(12-4-5-12)14(10-20)18(22)23/h2,6,8,12-14H,3-5,7,9-10H2,1H3,(H,22,23)/t13-,14+/m1/s1. The van der Waals surface area contributed by atoms with Gasteiger partial charge in [-0.1, -0.05) is 17.7 Å². The van der Waals surface area contributed by atoms with Crippen LogP contribution in [0.4, 0.5) is 0 Å². The smallest absolute Gasteiger partial charge is 0.308 e. The van der Waals surface area contributed by atoms with Crippen LogP contribution in [0.25, 0.3) is 0 Å². The molecule has 5 nitrogen and oxygen atoms in total. The van der Waals surface area contributed by atoms with Gasteiger partial charge in [0.15, 0.2) is 0 Å². The van der Waals surface area contributed by atoms with Crippen molar-refractivity contribution >= 4 is 23.5 Å². The molecule has 24 heavy (non-hydrogen) atoms. The minimum absolute atomic E-state index is 0.0244. The quantitative estimate of drug-likeness (QED) is 0.855. The van der Waals surface area contributed by atoms with Crippen molar-refractivity contribution in [3.63, 3.8) is 0 Å². The lowest BCUT2D eigenvalue weighted by atomic mass is 9.92. The third kappa shape index (κ3) is 3.66. The second-order valence-corrected chi connectivity index (χ2v) is 7.12. The molecule has 0 radical (unpaired) electrons. The Morgan fingerprint density at radius 2 is 2.08 bits per heavy atom. The summed E-state index contributed by atoms with van der Waals surface area (Å²) in [6.45, 7) is 0.933. The molecule has 1 amide bonds. The lowest BCUT2D eigenvalue weighted by molar-refractivity contribution is -0.142. The van der Waals surface area contributed by atoms with E-state index < -0.39 is 11.9 Å². The first-order valence-electron chi connectivity index (χ1n) is 8.32. The highest BCUT2D eigenvalue weighted by molar-refractivity contribution is 6.32. The monoisotopic (exact) mass is 351 g/mol. The van der Waals surface area contributed by atoms with Crippen molar-refractivity contribution in [1.29, 1.82) is 0 Å². The van der Waals surface area contributed by atoms with Crippen LogP contribution >= 0.6 is 11.6 Å². The first-order chi connectivity index (χ1) is 11.5. The van der Waals surface area contributed by atoms with Gasteiger partial charge in [-0.3, -0.25) is 9.59 Å². The van der Waals surface area contributed by atoms with Crippen LogP contribution in [0.5, 0.6) is 5.75 Å². The Labute approximate surface area is 146 Å². The Morgan fingerprint density at radius 3 is 2.67 bits per heavy atom. The first-order valence-corrected chi connectivity index (χ1v) is 8.70. The Balaban J connectivity index is 1.57. The Morgan fingerprint density at radius 1 is 1.33 bits per heavy atom. The molecular formula is C18H22ClNO4. The van der Waals surface area contributed by atoms with Crippen LogP contribution < -0.4 is 4.74 Å². The van der Waals surface area contributed by atoms with Crippen LogP contribution in [-0.4, -0.2) is 42.1 Å². The third-order valence-electron chi connectivity index (χ3n) is 5.11. The number of carboxylic acid groups (broad SMARTS) is 1. The molecule has 130 valence electrons. The SMILES string of the molecule is COc1ccc(CCC(=O)N2C[C@H](C(=O)O)[C@@H](C3CC3)C2)cc1Cl. The van der Waals surface area contributed by atoms with Gasteiger partial charge in [0.2, 0.25) is 5.91 Å². The largest absolute Gasteiger partial charge is 0.495 e. The number of halogens is 1. The van der Waals surface area contributed by atoms with E-state index >= 15 is 0 Å². The van der Waals surface area contributed by atoms with Gasteiger partial charge < -0.3 is 14.7 Å². The highest BCUT2D eigenvalue weighted by Gasteiger charge is 2.46. The van der Waals surface area contributed by atoms with E-state index in [1.165, 1.54) is 0 Å². The fourth-order valence-electron chi connectivity index (χ4n) is 3.57. The number of nitrogens with zero attached hydrogens (tertiary/aromatic N) is 1. The summed E-state index contributed by atoms with van der Waals surface area (Å²) in [4.78, 5) is 25.6. The van der Waals surface area contributed by atoms with Gasteiger partial charge in [0, 0.05) is 19.5 Å². The lowest BCUT2D eigenvalue weighted by Crippen LogP contribution is -2.30. The maximum atomic E-state index is 12.5. The van der Waals surface area contributed by atoms with Crippen LogP contribution in [0.1, 0.15) is 24.8 Å².